The van der Waals surface area contributed by atoms with Crippen LogP contribution in [0.2, 0.25) is 5.02 Å². The summed E-state index contributed by atoms with van der Waals surface area (Å²) in [5.41, 5.74) is 3.85. The molecule has 188 valence electrons. The van der Waals surface area contributed by atoms with Crippen LogP contribution < -0.4 is 9.73 Å². The van der Waals surface area contributed by atoms with E-state index in [1.807, 2.05) is 42.6 Å². The van der Waals surface area contributed by atoms with Crippen molar-refractivity contribution in [1.82, 2.24) is 4.72 Å². The van der Waals surface area contributed by atoms with Crippen LogP contribution in [0.4, 0.5) is 10.1 Å². The van der Waals surface area contributed by atoms with E-state index in [1.54, 1.807) is 36.2 Å². The fourth-order valence-electron chi connectivity index (χ4n) is 4.43. The maximum absolute atomic E-state index is 13.7. The molecule has 0 amide bonds. The number of allylic oxidation sites excluding steroid dienone is 4. The molecule has 0 bridgehead atoms. The highest BCUT2D eigenvalue weighted by Gasteiger charge is 2.40. The number of aldehydes is 1. The first-order valence-corrected chi connectivity index (χ1v) is 13.4. The van der Waals surface area contributed by atoms with Crippen molar-refractivity contribution in [2.75, 3.05) is 18.3 Å². The van der Waals surface area contributed by atoms with E-state index in [2.05, 4.69) is 17.7 Å². The number of rotatable bonds is 4. The van der Waals surface area contributed by atoms with Gasteiger partial charge < -0.3 is 0 Å². The fraction of sp³-hybridized carbons (Fsp3) is 0.321. The summed E-state index contributed by atoms with van der Waals surface area (Å²) < 4.78 is 16.5. The van der Waals surface area contributed by atoms with E-state index in [1.165, 1.54) is 12.1 Å². The van der Waals surface area contributed by atoms with Crippen LogP contribution in [0.15, 0.2) is 71.4 Å². The Morgan fingerprint density at radius 3 is 2.61 bits per heavy atom. The fourth-order valence-corrected chi connectivity index (χ4v) is 4.65. The molecule has 0 saturated heterocycles. The molecule has 4 rings (SSSR count). The summed E-state index contributed by atoms with van der Waals surface area (Å²) in [5.74, 6) is -0.154. The van der Waals surface area contributed by atoms with Crippen molar-refractivity contribution in [3.8, 4) is 6.07 Å². The highest BCUT2D eigenvalue weighted by Crippen LogP contribution is 2.44. The molecule has 5 nitrogen and oxygen atoms in total. The van der Waals surface area contributed by atoms with Crippen LogP contribution in [0.3, 0.4) is 0 Å². The summed E-state index contributed by atoms with van der Waals surface area (Å²) in [4.78, 5) is 11.3. The Kier molecular flexibility index (Phi) is 10.3. The molecule has 1 N–H and O–H groups in total. The number of hydrazone groups is 1. The van der Waals surface area contributed by atoms with Crippen LogP contribution in [0, 0.1) is 29.0 Å². The van der Waals surface area contributed by atoms with Crippen molar-refractivity contribution in [1.29, 1.82) is 5.26 Å². The first-order chi connectivity index (χ1) is 17.4. The van der Waals surface area contributed by atoms with Crippen molar-refractivity contribution >= 4 is 41.2 Å². The Labute approximate surface area is 221 Å². The normalized spacial score (nSPS) is 23.7. The Bertz CT molecular complexity index is 1190. The van der Waals surface area contributed by atoms with Crippen LogP contribution in [0.5, 0.6) is 0 Å². The molecule has 0 radical (unpaired) electrons. The second-order valence-electron chi connectivity index (χ2n) is 8.56. The molecule has 3 atom stereocenters. The maximum atomic E-state index is 13.7. The van der Waals surface area contributed by atoms with Gasteiger partial charge in [0.15, 0.2) is 0 Å². The average Bonchev–Trinajstić information content (AvgIpc) is 3.28. The molecule has 36 heavy (non-hydrogen) atoms. The second kappa shape index (κ2) is 13.4. The topological polar surface area (TPSA) is 68.5 Å². The second-order valence-corrected chi connectivity index (χ2v) is 9.78. The minimum atomic E-state index is -0.283. The third-order valence-electron chi connectivity index (χ3n) is 6.28. The highest BCUT2D eigenvalue weighted by molar-refractivity contribution is 7.96. The Hall–Kier alpha value is -2.92. The van der Waals surface area contributed by atoms with Gasteiger partial charge in [0.25, 0.3) is 0 Å². The first kappa shape index (κ1) is 27.7. The van der Waals surface area contributed by atoms with E-state index in [-0.39, 0.29) is 23.7 Å². The Morgan fingerprint density at radius 1 is 1.28 bits per heavy atom. The molecule has 1 aliphatic heterocycles. The highest BCUT2D eigenvalue weighted by atomic mass is 35.5. The molecule has 0 saturated carbocycles. The number of nitrogens with one attached hydrogen (secondary N) is 1. The zero-order valence-corrected chi connectivity index (χ0v) is 22.2. The predicted molar refractivity (Wildman–Crippen MR) is 148 cm³/mol. The number of nitrogens with zero attached hydrogens (tertiary/aromatic N) is 3. The molecule has 2 aromatic carbocycles. The van der Waals surface area contributed by atoms with Gasteiger partial charge in [-0.3, -0.25) is 14.5 Å². The molecule has 2 aliphatic rings. The third kappa shape index (κ3) is 6.64. The van der Waals surface area contributed by atoms with Crippen molar-refractivity contribution in [3.05, 3.63) is 88.2 Å². The summed E-state index contributed by atoms with van der Waals surface area (Å²) >= 11 is 7.94. The number of halogens is 2. The average molecular weight is 525 g/mol. The number of hydrogen-bond acceptors (Lipinski definition) is 6. The maximum Gasteiger partial charge on any atom is 0.149 e. The van der Waals surface area contributed by atoms with Gasteiger partial charge in [-0.15, -0.1) is 0 Å². The van der Waals surface area contributed by atoms with E-state index >= 15 is 0 Å². The number of hydrogen-bond donors (Lipinski definition) is 1. The van der Waals surface area contributed by atoms with E-state index in [9.17, 15) is 14.4 Å². The molecule has 2 aromatic rings. The standard InChI is InChI=1S/C26H23ClFN3O.C2H7NS/c1-17-6-7-18(16-32)4-2-3-5-23-25(17)30-31(22-13-10-20(15-29)24(27)14-22)26(23)19-8-11-21(28)12-9-19;1-3-4-2/h4,6-14,16-17,23,26H,2-3,5H2,1H3;3H,1-2H3/b7-6-,18-4+;. The lowest BCUT2D eigenvalue weighted by molar-refractivity contribution is -0.104. The number of benzene rings is 2. The molecular weight excluding hydrogens is 495 g/mol. The van der Waals surface area contributed by atoms with E-state index < -0.39 is 0 Å². The summed E-state index contributed by atoms with van der Waals surface area (Å²) in [6, 6.07) is 13.8. The third-order valence-corrected chi connectivity index (χ3v) is 7.00. The lowest BCUT2D eigenvalue weighted by atomic mass is 9.81. The van der Waals surface area contributed by atoms with Crippen molar-refractivity contribution in [2.24, 2.45) is 16.9 Å². The van der Waals surface area contributed by atoms with Gasteiger partial charge in [-0.05, 0) is 68.5 Å². The van der Waals surface area contributed by atoms with Gasteiger partial charge in [-0.25, -0.2) is 4.39 Å². The lowest BCUT2D eigenvalue weighted by Gasteiger charge is -2.29. The van der Waals surface area contributed by atoms with Crippen molar-refractivity contribution in [2.45, 2.75) is 32.2 Å². The molecule has 1 aliphatic carbocycles. The molecule has 0 spiro atoms. The van der Waals surface area contributed by atoms with Gasteiger partial charge in [0.1, 0.15) is 18.2 Å². The van der Waals surface area contributed by atoms with Gasteiger partial charge in [-0.2, -0.15) is 10.4 Å². The van der Waals surface area contributed by atoms with Crippen LogP contribution in [-0.4, -0.2) is 25.3 Å². The predicted octanol–water partition coefficient (Wildman–Crippen LogP) is 6.87. The summed E-state index contributed by atoms with van der Waals surface area (Å²) in [7, 11) is 1.89. The first-order valence-electron chi connectivity index (χ1n) is 11.8. The number of carbonyl (C=O) groups excluding carboxylic acids is 1. The van der Waals surface area contributed by atoms with E-state index in [0.717, 1.165) is 42.5 Å². The smallest absolute Gasteiger partial charge is 0.149 e. The van der Waals surface area contributed by atoms with Crippen LogP contribution in [0.25, 0.3) is 0 Å². The number of anilines is 1. The lowest BCUT2D eigenvalue weighted by Crippen LogP contribution is -2.27. The molecule has 0 fully saturated rings. The summed E-state index contributed by atoms with van der Waals surface area (Å²) in [6.45, 7) is 2.07. The molecule has 1 heterocycles. The Morgan fingerprint density at radius 2 is 2.00 bits per heavy atom. The summed E-state index contributed by atoms with van der Waals surface area (Å²) in [6.07, 6.45) is 11.3. The van der Waals surface area contributed by atoms with Gasteiger partial charge in [-0.1, -0.05) is 60.8 Å². The molecule has 3 unspecified atom stereocenters. The monoisotopic (exact) mass is 524 g/mol. The van der Waals surface area contributed by atoms with Gasteiger partial charge in [0, 0.05) is 17.4 Å². The number of fused-ring (bicyclic) bond motifs is 1. The number of carbonyl (C=O) groups is 1. The van der Waals surface area contributed by atoms with Crippen LogP contribution in [-0.2, 0) is 4.79 Å². The molecule has 8 heteroatoms. The zero-order chi connectivity index (χ0) is 26.1. The van der Waals surface area contributed by atoms with Crippen LogP contribution in [0.1, 0.15) is 43.4 Å². The quantitative estimate of drug-likeness (QED) is 0.349. The van der Waals surface area contributed by atoms with Crippen molar-refractivity contribution in [3.63, 3.8) is 0 Å². The van der Waals surface area contributed by atoms with Crippen LogP contribution >= 0.6 is 23.5 Å². The molecular formula is C28H30ClFN4OS. The molecule has 0 aromatic heterocycles. The van der Waals surface area contributed by atoms with Crippen molar-refractivity contribution < 1.29 is 9.18 Å². The number of nitriles is 1. The largest absolute Gasteiger partial charge is 0.298 e. The van der Waals surface area contributed by atoms with E-state index in [0.29, 0.717) is 16.2 Å². The Balaban J connectivity index is 0.000000840. The SMILES string of the molecule is CC1/C=C\C(C=O)=C/CCCC2C1=NN(c1ccc(C#N)c(Cl)c1)C2c1ccc(F)cc1.CNSC. The van der Waals surface area contributed by atoms with E-state index in [4.69, 9.17) is 16.7 Å². The van der Waals surface area contributed by atoms with Gasteiger partial charge >= 0.3 is 0 Å². The zero-order valence-electron chi connectivity index (χ0n) is 20.6. The van der Waals surface area contributed by atoms with Gasteiger partial charge in [0.2, 0.25) is 0 Å². The minimum Gasteiger partial charge on any atom is -0.298 e. The summed E-state index contributed by atoms with van der Waals surface area (Å²) in [5, 5.41) is 16.6. The van der Waals surface area contributed by atoms with Gasteiger partial charge in [0.05, 0.1) is 28.0 Å². The minimum absolute atomic E-state index is 0.0169.